The van der Waals surface area contributed by atoms with E-state index in [-0.39, 0.29) is 12.5 Å². The van der Waals surface area contributed by atoms with Gasteiger partial charge in [-0.05, 0) is 41.7 Å². The zero-order valence-electron chi connectivity index (χ0n) is 22.0. The van der Waals surface area contributed by atoms with Gasteiger partial charge in [-0.15, -0.1) is 0 Å². The molecule has 0 saturated carbocycles. The smallest absolute Gasteiger partial charge is 0.407 e. The molecular formula is C33H30N4O3. The van der Waals surface area contributed by atoms with Crippen molar-refractivity contribution >= 4 is 28.7 Å². The van der Waals surface area contributed by atoms with Crippen LogP contribution in [-0.2, 0) is 10.3 Å². The highest BCUT2D eigenvalue weighted by Gasteiger charge is 2.41. The number of nitrogens with one attached hydrogen (secondary N) is 1. The average Bonchev–Trinajstić information content (AvgIpc) is 3.37. The van der Waals surface area contributed by atoms with Crippen molar-refractivity contribution in [2.45, 2.75) is 18.4 Å². The molecule has 0 aliphatic carbocycles. The lowest BCUT2D eigenvalue weighted by Crippen LogP contribution is -2.43. The number of piperidine rings is 1. The van der Waals surface area contributed by atoms with Gasteiger partial charge >= 0.3 is 6.09 Å². The first kappa shape index (κ1) is 25.4. The van der Waals surface area contributed by atoms with Gasteiger partial charge in [-0.25, -0.2) is 9.48 Å². The summed E-state index contributed by atoms with van der Waals surface area (Å²) in [6.07, 6.45) is 0.292. The number of para-hydroxylation sites is 1. The number of rotatable bonds is 6. The van der Waals surface area contributed by atoms with E-state index in [1.54, 1.807) is 0 Å². The van der Waals surface area contributed by atoms with Crippen molar-refractivity contribution in [3.8, 4) is 0 Å². The first-order chi connectivity index (χ1) is 19.6. The first-order valence-corrected chi connectivity index (χ1v) is 13.5. The lowest BCUT2D eigenvalue weighted by atomic mass is 9.77. The van der Waals surface area contributed by atoms with Crippen LogP contribution >= 0.6 is 0 Å². The number of hydrogen-bond donors (Lipinski definition) is 2. The summed E-state index contributed by atoms with van der Waals surface area (Å²) in [5.41, 5.74) is 3.12. The van der Waals surface area contributed by atoms with Crippen LogP contribution in [0.3, 0.4) is 0 Å². The second-order valence-electron chi connectivity index (χ2n) is 10.1. The zero-order chi connectivity index (χ0) is 27.5. The predicted molar refractivity (Wildman–Crippen MR) is 155 cm³/mol. The molecule has 200 valence electrons. The molecule has 2 heterocycles. The molecule has 0 spiro atoms. The molecule has 1 aromatic heterocycles. The Morgan fingerprint density at radius 2 is 1.30 bits per heavy atom. The molecule has 1 aliphatic heterocycles. The average molecular weight is 531 g/mol. The van der Waals surface area contributed by atoms with E-state index < -0.39 is 17.6 Å². The molecule has 1 atom stereocenters. The molecule has 40 heavy (non-hydrogen) atoms. The van der Waals surface area contributed by atoms with Gasteiger partial charge in [0.15, 0.2) is 5.82 Å². The van der Waals surface area contributed by atoms with Crippen LogP contribution in [0.25, 0.3) is 10.9 Å². The van der Waals surface area contributed by atoms with Gasteiger partial charge < -0.3 is 15.3 Å². The predicted octanol–water partition coefficient (Wildman–Crippen LogP) is 6.21. The summed E-state index contributed by atoms with van der Waals surface area (Å²) in [6.45, 7) is 0.631. The molecule has 1 fully saturated rings. The molecule has 7 nitrogen and oxygen atoms in total. The molecule has 2 amide bonds. The van der Waals surface area contributed by atoms with Crippen LogP contribution in [0.2, 0.25) is 0 Å². The number of benzene rings is 4. The highest BCUT2D eigenvalue weighted by molar-refractivity contribution is 6.01. The van der Waals surface area contributed by atoms with Gasteiger partial charge in [0.2, 0.25) is 5.91 Å². The van der Waals surface area contributed by atoms with Crippen LogP contribution in [-0.4, -0.2) is 44.9 Å². The molecule has 0 bridgehead atoms. The summed E-state index contributed by atoms with van der Waals surface area (Å²) in [6, 6.07) is 38.7. The van der Waals surface area contributed by atoms with Crippen molar-refractivity contribution in [1.82, 2.24) is 14.7 Å². The molecule has 1 aliphatic rings. The second kappa shape index (κ2) is 10.7. The van der Waals surface area contributed by atoms with E-state index in [2.05, 4.69) is 41.7 Å². The van der Waals surface area contributed by atoms with E-state index in [9.17, 15) is 14.7 Å². The number of carbonyl (C=O) groups is 2. The molecular weight excluding hydrogens is 500 g/mol. The number of likely N-dealkylation sites (tertiary alicyclic amines) is 1. The highest BCUT2D eigenvalue weighted by Crippen LogP contribution is 2.43. The Labute approximate surface area is 232 Å². The van der Waals surface area contributed by atoms with Gasteiger partial charge in [-0.2, -0.15) is 5.10 Å². The maximum absolute atomic E-state index is 13.5. The van der Waals surface area contributed by atoms with Crippen LogP contribution < -0.4 is 5.32 Å². The zero-order valence-corrected chi connectivity index (χ0v) is 22.0. The Morgan fingerprint density at radius 1 is 0.775 bits per heavy atom. The minimum absolute atomic E-state index is 0.182. The minimum Gasteiger partial charge on any atom is -0.465 e. The van der Waals surface area contributed by atoms with Gasteiger partial charge in [0.1, 0.15) is 5.54 Å². The van der Waals surface area contributed by atoms with Crippen molar-refractivity contribution in [2.75, 3.05) is 18.4 Å². The van der Waals surface area contributed by atoms with Crippen molar-refractivity contribution in [3.63, 3.8) is 0 Å². The van der Waals surface area contributed by atoms with E-state index in [0.29, 0.717) is 25.2 Å². The minimum atomic E-state index is -0.995. The number of aromatic nitrogens is 2. The molecule has 5 aromatic rings. The third-order valence-corrected chi connectivity index (χ3v) is 7.78. The summed E-state index contributed by atoms with van der Waals surface area (Å²) in [5.74, 6) is -0.192. The van der Waals surface area contributed by atoms with Crippen molar-refractivity contribution in [3.05, 3.63) is 132 Å². The summed E-state index contributed by atoms with van der Waals surface area (Å²) in [7, 11) is 0. The quantitative estimate of drug-likeness (QED) is 0.256. The van der Waals surface area contributed by atoms with Crippen molar-refractivity contribution in [2.24, 2.45) is 5.92 Å². The number of carbonyl (C=O) groups excluding carboxylic acids is 1. The van der Waals surface area contributed by atoms with Crippen molar-refractivity contribution < 1.29 is 14.7 Å². The van der Waals surface area contributed by atoms with E-state index in [0.717, 1.165) is 27.6 Å². The maximum Gasteiger partial charge on any atom is 0.407 e. The Balaban J connectivity index is 1.55. The van der Waals surface area contributed by atoms with Crippen LogP contribution in [0.1, 0.15) is 29.5 Å². The van der Waals surface area contributed by atoms with Crippen LogP contribution in [0.5, 0.6) is 0 Å². The molecule has 2 N–H and O–H groups in total. The van der Waals surface area contributed by atoms with E-state index in [1.165, 1.54) is 4.90 Å². The van der Waals surface area contributed by atoms with Gasteiger partial charge in [0.25, 0.3) is 0 Å². The largest absolute Gasteiger partial charge is 0.465 e. The van der Waals surface area contributed by atoms with E-state index >= 15 is 0 Å². The van der Waals surface area contributed by atoms with Crippen LogP contribution in [0.4, 0.5) is 10.6 Å². The van der Waals surface area contributed by atoms with Gasteiger partial charge in [0.05, 0.1) is 11.4 Å². The van der Waals surface area contributed by atoms with E-state index in [4.69, 9.17) is 5.10 Å². The number of carboxylic acid groups (broad SMARTS) is 1. The molecule has 1 saturated heterocycles. The maximum atomic E-state index is 13.5. The van der Waals surface area contributed by atoms with Crippen molar-refractivity contribution in [1.29, 1.82) is 0 Å². The summed E-state index contributed by atoms with van der Waals surface area (Å²) < 4.78 is 2.02. The number of amides is 2. The first-order valence-electron chi connectivity index (χ1n) is 13.5. The second-order valence-corrected chi connectivity index (χ2v) is 10.1. The third-order valence-electron chi connectivity index (χ3n) is 7.78. The number of anilines is 1. The monoisotopic (exact) mass is 530 g/mol. The van der Waals surface area contributed by atoms with Gasteiger partial charge in [-0.1, -0.05) is 103 Å². The number of hydrogen-bond acceptors (Lipinski definition) is 3. The fourth-order valence-corrected chi connectivity index (χ4v) is 5.90. The van der Waals surface area contributed by atoms with Crippen LogP contribution in [0.15, 0.2) is 115 Å². The molecule has 0 radical (unpaired) electrons. The third kappa shape index (κ3) is 4.39. The molecule has 7 heteroatoms. The van der Waals surface area contributed by atoms with E-state index in [1.807, 2.05) is 83.5 Å². The topological polar surface area (TPSA) is 87.5 Å². The van der Waals surface area contributed by atoms with Gasteiger partial charge in [0, 0.05) is 18.5 Å². The lowest BCUT2D eigenvalue weighted by Gasteiger charge is -2.37. The molecule has 4 aromatic carbocycles. The summed E-state index contributed by atoms with van der Waals surface area (Å²) in [4.78, 5) is 26.3. The Hall–Kier alpha value is -4.91. The summed E-state index contributed by atoms with van der Waals surface area (Å²) in [5, 5.41) is 18.5. The summed E-state index contributed by atoms with van der Waals surface area (Å²) >= 11 is 0. The molecule has 1 unspecified atom stereocenters. The van der Waals surface area contributed by atoms with Crippen LogP contribution in [0, 0.1) is 5.92 Å². The Bertz CT molecular complexity index is 1540. The number of fused-ring (bicyclic) bond motifs is 1. The highest BCUT2D eigenvalue weighted by atomic mass is 16.4. The fourth-order valence-electron chi connectivity index (χ4n) is 5.90. The number of nitrogens with zero attached hydrogens (tertiary/aromatic N) is 3. The Kier molecular flexibility index (Phi) is 6.78. The fraction of sp³-hybridized carbons (Fsp3) is 0.182. The molecule has 6 rings (SSSR count). The standard InChI is InChI=1S/C33H30N4O3/c38-31(24-13-12-22-36(23-24)32(39)40)34-30-28-20-10-11-21-29(28)37(35-30)33(25-14-4-1-5-15-25,26-16-6-2-7-17-26)27-18-8-3-9-19-27/h1-11,14-21,24H,12-13,22-23H2,(H,39,40)(H,34,35,38). The normalized spacial score (nSPS) is 15.6. The Morgan fingerprint density at radius 3 is 1.85 bits per heavy atom. The lowest BCUT2D eigenvalue weighted by molar-refractivity contribution is -0.121. The SMILES string of the molecule is O=C(Nc1nn(C(c2ccccc2)(c2ccccc2)c2ccccc2)c2ccccc12)C1CCCN(C(=O)O)C1. The van der Waals surface area contributed by atoms with Gasteiger partial charge in [-0.3, -0.25) is 4.79 Å².